The molecular formula is C7H7B-. The Morgan fingerprint density at radius 2 is 1.62 bits per heavy atom. The van der Waals surface area contributed by atoms with Gasteiger partial charge in [-0.25, -0.2) is 0 Å². The largest absolute Gasteiger partial charge is 0.580 e. The van der Waals surface area contributed by atoms with Crippen molar-refractivity contribution < 1.29 is 0 Å². The molecule has 0 spiro atoms. The Morgan fingerprint density at radius 3 is 2.00 bits per heavy atom. The Bertz CT molecular complexity index is 143. The number of benzene rings is 1. The standard InChI is InChI=1S/C7H7B/c1-6-2-4-7(8)5-3-6/h2-5H,1H3/q-1. The van der Waals surface area contributed by atoms with Crippen LogP contribution in [-0.2, 0) is 0 Å². The highest BCUT2D eigenvalue weighted by molar-refractivity contribution is 6.32. The Kier molecular flexibility index (Phi) is 1.38. The van der Waals surface area contributed by atoms with Crippen molar-refractivity contribution >= 4 is 13.3 Å². The van der Waals surface area contributed by atoms with Crippen molar-refractivity contribution in [2.75, 3.05) is 0 Å². The van der Waals surface area contributed by atoms with Gasteiger partial charge in [-0.3, -0.25) is 0 Å². The fraction of sp³-hybridized carbons (Fsp3) is 0.143. The third-order valence-electron chi connectivity index (χ3n) is 1.08. The van der Waals surface area contributed by atoms with Gasteiger partial charge in [0.2, 0.25) is 0 Å². The Morgan fingerprint density at radius 1 is 1.12 bits per heavy atom. The molecule has 0 saturated carbocycles. The van der Waals surface area contributed by atoms with Crippen LogP contribution in [0.3, 0.4) is 0 Å². The first-order valence-corrected chi connectivity index (χ1v) is 2.61. The summed E-state index contributed by atoms with van der Waals surface area (Å²) in [4.78, 5) is 0. The van der Waals surface area contributed by atoms with E-state index < -0.39 is 0 Å². The van der Waals surface area contributed by atoms with Gasteiger partial charge < -0.3 is 13.3 Å². The molecular weight excluding hydrogens is 94.9 g/mol. The van der Waals surface area contributed by atoms with Gasteiger partial charge in [0.25, 0.3) is 0 Å². The Labute approximate surface area is 50.9 Å². The van der Waals surface area contributed by atoms with Gasteiger partial charge in [-0.05, 0) is 6.92 Å². The average Bonchev–Trinajstić information content (AvgIpc) is 1.77. The van der Waals surface area contributed by atoms with Crippen molar-refractivity contribution in [2.45, 2.75) is 6.92 Å². The van der Waals surface area contributed by atoms with Gasteiger partial charge in [0.15, 0.2) is 0 Å². The molecule has 1 aromatic carbocycles. The van der Waals surface area contributed by atoms with E-state index in [-0.39, 0.29) is 0 Å². The zero-order valence-electron chi connectivity index (χ0n) is 4.89. The topological polar surface area (TPSA) is 0 Å². The minimum Gasteiger partial charge on any atom is -0.580 e. The predicted molar refractivity (Wildman–Crippen MR) is 36.6 cm³/mol. The first-order valence-electron chi connectivity index (χ1n) is 2.61. The molecule has 8 heavy (non-hydrogen) atoms. The second-order valence-electron chi connectivity index (χ2n) is 1.91. The van der Waals surface area contributed by atoms with Crippen LogP contribution in [0.4, 0.5) is 0 Å². The minimum absolute atomic E-state index is 0.829. The second-order valence-corrected chi connectivity index (χ2v) is 1.91. The summed E-state index contributed by atoms with van der Waals surface area (Å²) < 4.78 is 0. The monoisotopic (exact) mass is 102 g/mol. The first kappa shape index (κ1) is 5.42. The van der Waals surface area contributed by atoms with Gasteiger partial charge in [0.05, 0.1) is 0 Å². The molecule has 0 aromatic heterocycles. The summed E-state index contributed by atoms with van der Waals surface area (Å²) in [5.74, 6) is 0. The fourth-order valence-corrected chi connectivity index (χ4v) is 0.566. The summed E-state index contributed by atoms with van der Waals surface area (Å²) in [5, 5.41) is 0. The number of hydrogen-bond donors (Lipinski definition) is 0. The number of aryl methyl sites for hydroxylation is 1. The molecule has 39 valence electrons. The molecule has 0 nitrogen and oxygen atoms in total. The summed E-state index contributed by atoms with van der Waals surface area (Å²) in [6.45, 7) is 2.04. The molecule has 0 N–H and O–H groups in total. The van der Waals surface area contributed by atoms with Crippen molar-refractivity contribution in [3.63, 3.8) is 0 Å². The molecule has 0 aliphatic rings. The molecule has 1 heteroatoms. The first-order chi connectivity index (χ1) is 3.79. The highest BCUT2D eigenvalue weighted by Crippen LogP contribution is 1.90. The van der Waals surface area contributed by atoms with E-state index >= 15 is 0 Å². The summed E-state index contributed by atoms with van der Waals surface area (Å²) in [7, 11) is 5.43. The summed E-state index contributed by atoms with van der Waals surface area (Å²) in [6.07, 6.45) is 0. The van der Waals surface area contributed by atoms with Gasteiger partial charge in [-0.15, -0.1) is 12.1 Å². The van der Waals surface area contributed by atoms with Gasteiger partial charge in [0, 0.05) is 0 Å². The van der Waals surface area contributed by atoms with Crippen LogP contribution in [-0.4, -0.2) is 7.85 Å². The number of rotatable bonds is 0. The van der Waals surface area contributed by atoms with Crippen LogP contribution >= 0.6 is 0 Å². The molecule has 0 amide bonds. The SMILES string of the molecule is [B-]c1ccc(C)cc1. The zero-order chi connectivity index (χ0) is 5.98. The maximum atomic E-state index is 5.43. The van der Waals surface area contributed by atoms with E-state index in [2.05, 4.69) is 0 Å². The lowest BCUT2D eigenvalue weighted by molar-refractivity contribution is 1.49. The van der Waals surface area contributed by atoms with E-state index in [1.165, 1.54) is 5.56 Å². The molecule has 1 aromatic rings. The maximum Gasteiger partial charge on any atom is -0.0398 e. The quantitative estimate of drug-likeness (QED) is 0.425. The van der Waals surface area contributed by atoms with Gasteiger partial charge >= 0.3 is 0 Å². The van der Waals surface area contributed by atoms with Crippen LogP contribution < -0.4 is 5.46 Å². The van der Waals surface area contributed by atoms with E-state index in [1.54, 1.807) is 0 Å². The second kappa shape index (κ2) is 2.04. The van der Waals surface area contributed by atoms with Crippen LogP contribution in [0.1, 0.15) is 5.56 Å². The minimum atomic E-state index is 0.829. The third-order valence-corrected chi connectivity index (χ3v) is 1.08. The lowest BCUT2D eigenvalue weighted by Gasteiger charge is -2.03. The van der Waals surface area contributed by atoms with Crippen molar-refractivity contribution in [1.29, 1.82) is 0 Å². The Balaban J connectivity index is 3.03. The van der Waals surface area contributed by atoms with Crippen molar-refractivity contribution in [3.05, 3.63) is 29.8 Å². The fourth-order valence-electron chi connectivity index (χ4n) is 0.566. The lowest BCUT2D eigenvalue weighted by Crippen LogP contribution is -1.98. The van der Waals surface area contributed by atoms with Gasteiger partial charge in [0.1, 0.15) is 0 Å². The molecule has 0 fully saturated rings. The lowest BCUT2D eigenvalue weighted by atomic mass is 9.96. The van der Waals surface area contributed by atoms with Gasteiger partial charge in [-0.1, -0.05) is 17.7 Å². The van der Waals surface area contributed by atoms with Crippen molar-refractivity contribution in [2.24, 2.45) is 0 Å². The third kappa shape index (κ3) is 1.13. The average molecular weight is 102 g/mol. The van der Waals surface area contributed by atoms with Crippen LogP contribution in [0.15, 0.2) is 24.3 Å². The van der Waals surface area contributed by atoms with E-state index in [4.69, 9.17) is 7.85 Å². The maximum absolute atomic E-state index is 5.43. The molecule has 0 saturated heterocycles. The molecule has 0 aliphatic heterocycles. The molecule has 0 heterocycles. The van der Waals surface area contributed by atoms with Crippen LogP contribution in [0.5, 0.6) is 0 Å². The number of hydrogen-bond acceptors (Lipinski definition) is 0. The van der Waals surface area contributed by atoms with Crippen molar-refractivity contribution in [3.8, 4) is 0 Å². The summed E-state index contributed by atoms with van der Waals surface area (Å²) in [6, 6.07) is 7.79. The van der Waals surface area contributed by atoms with Crippen LogP contribution in [0.2, 0.25) is 0 Å². The van der Waals surface area contributed by atoms with E-state index in [9.17, 15) is 0 Å². The van der Waals surface area contributed by atoms with E-state index in [1.807, 2.05) is 31.2 Å². The highest BCUT2D eigenvalue weighted by atomic mass is 13.8. The molecule has 3 radical (unpaired) electrons. The van der Waals surface area contributed by atoms with Crippen molar-refractivity contribution in [1.82, 2.24) is 0 Å². The highest BCUT2D eigenvalue weighted by Gasteiger charge is 1.72. The summed E-state index contributed by atoms with van der Waals surface area (Å²) >= 11 is 0. The predicted octanol–water partition coefficient (Wildman–Crippen LogP) is 0.789. The smallest absolute Gasteiger partial charge is 0.0398 e. The Hall–Kier alpha value is -0.715. The van der Waals surface area contributed by atoms with Crippen LogP contribution in [0.25, 0.3) is 0 Å². The van der Waals surface area contributed by atoms with Crippen LogP contribution in [0, 0.1) is 6.92 Å². The normalized spacial score (nSPS) is 9.25. The molecule has 0 bridgehead atoms. The molecule has 0 unspecified atom stereocenters. The zero-order valence-corrected chi connectivity index (χ0v) is 4.89. The molecule has 0 atom stereocenters. The van der Waals surface area contributed by atoms with Gasteiger partial charge in [-0.2, -0.15) is 0 Å². The van der Waals surface area contributed by atoms with E-state index in [0.29, 0.717) is 0 Å². The summed E-state index contributed by atoms with van der Waals surface area (Å²) in [5.41, 5.74) is 2.08. The molecule has 0 aliphatic carbocycles. The van der Waals surface area contributed by atoms with E-state index in [0.717, 1.165) is 5.46 Å². The molecule has 1 rings (SSSR count).